The molecular weight excluding hydrogens is 374 g/mol. The molecule has 1 heterocycles. The van der Waals surface area contributed by atoms with Gasteiger partial charge in [-0.25, -0.2) is 0 Å². The zero-order valence-corrected chi connectivity index (χ0v) is 17.3. The van der Waals surface area contributed by atoms with Gasteiger partial charge < -0.3 is 14.6 Å². The number of rotatable bonds is 7. The van der Waals surface area contributed by atoms with Crippen molar-refractivity contribution >= 4 is 17.7 Å². The first-order valence-electron chi connectivity index (χ1n) is 9.39. The van der Waals surface area contributed by atoms with Crippen LogP contribution < -0.4 is 14.8 Å². The van der Waals surface area contributed by atoms with Crippen LogP contribution in [0.2, 0.25) is 0 Å². The Morgan fingerprint density at radius 1 is 1.11 bits per heavy atom. The summed E-state index contributed by atoms with van der Waals surface area (Å²) in [6.45, 7) is 7.45. The van der Waals surface area contributed by atoms with E-state index in [0.717, 1.165) is 17.1 Å². The van der Waals surface area contributed by atoms with E-state index in [1.807, 2.05) is 36.4 Å². The molecule has 2 atom stereocenters. The topological polar surface area (TPSA) is 67.8 Å². The molecule has 5 nitrogen and oxygen atoms in total. The minimum Gasteiger partial charge on any atom is -0.490 e. The maximum absolute atomic E-state index is 11.1. The Kier molecular flexibility index (Phi) is 6.52. The Morgan fingerprint density at radius 3 is 2.39 bits per heavy atom. The largest absolute Gasteiger partial charge is 0.490 e. The molecular formula is C22H27NO4S. The first kappa shape index (κ1) is 20.6. The second kappa shape index (κ2) is 8.88. The van der Waals surface area contributed by atoms with E-state index in [0.29, 0.717) is 19.0 Å². The van der Waals surface area contributed by atoms with E-state index in [2.05, 4.69) is 38.2 Å². The van der Waals surface area contributed by atoms with Crippen molar-refractivity contribution in [1.82, 2.24) is 5.32 Å². The number of carboxylic acid groups (broad SMARTS) is 1. The minimum atomic E-state index is -0.810. The molecule has 1 aliphatic rings. The van der Waals surface area contributed by atoms with Gasteiger partial charge in [-0.1, -0.05) is 45.0 Å². The fourth-order valence-electron chi connectivity index (χ4n) is 2.94. The van der Waals surface area contributed by atoms with Gasteiger partial charge in [-0.2, -0.15) is 0 Å². The van der Waals surface area contributed by atoms with E-state index >= 15 is 0 Å². The smallest absolute Gasteiger partial charge is 0.321 e. The van der Waals surface area contributed by atoms with Crippen LogP contribution in [-0.4, -0.2) is 36.1 Å². The Hall–Kier alpha value is -2.18. The van der Waals surface area contributed by atoms with Crippen LogP contribution in [0.4, 0.5) is 0 Å². The van der Waals surface area contributed by atoms with Gasteiger partial charge in [0.05, 0.1) is 5.37 Å². The lowest BCUT2D eigenvalue weighted by molar-refractivity contribution is -0.138. The van der Waals surface area contributed by atoms with Gasteiger partial charge in [-0.15, -0.1) is 11.8 Å². The van der Waals surface area contributed by atoms with Gasteiger partial charge in [0, 0.05) is 5.75 Å². The molecule has 2 aromatic carbocycles. The Balaban J connectivity index is 1.47. The standard InChI is InChI=1S/C22H27NO4S/c1-22(2,3)16-7-9-17(10-8-16)26-11-12-27-18-6-4-5-15(13-18)20-23-19(14-28-20)21(24)25/h4-10,13,19-20,23H,11-12,14H2,1-3H3,(H,24,25). The predicted molar refractivity (Wildman–Crippen MR) is 112 cm³/mol. The molecule has 0 spiro atoms. The van der Waals surface area contributed by atoms with Gasteiger partial charge in [0.25, 0.3) is 0 Å². The van der Waals surface area contributed by atoms with E-state index < -0.39 is 12.0 Å². The van der Waals surface area contributed by atoms with E-state index in [-0.39, 0.29) is 10.8 Å². The van der Waals surface area contributed by atoms with Crippen LogP contribution in [0, 0.1) is 0 Å². The summed E-state index contributed by atoms with van der Waals surface area (Å²) in [5.41, 5.74) is 2.42. The Morgan fingerprint density at radius 2 is 1.79 bits per heavy atom. The molecule has 1 fully saturated rings. The number of nitrogens with one attached hydrogen (secondary N) is 1. The summed E-state index contributed by atoms with van der Waals surface area (Å²) in [6.07, 6.45) is 0. The van der Waals surface area contributed by atoms with Crippen LogP contribution in [0.3, 0.4) is 0 Å². The van der Waals surface area contributed by atoms with Crippen LogP contribution >= 0.6 is 11.8 Å². The number of benzene rings is 2. The van der Waals surface area contributed by atoms with E-state index in [4.69, 9.17) is 14.6 Å². The van der Waals surface area contributed by atoms with E-state index in [1.54, 1.807) is 11.8 Å². The number of carboxylic acids is 1. The van der Waals surface area contributed by atoms with Gasteiger partial charge in [-0.3, -0.25) is 10.1 Å². The fraction of sp³-hybridized carbons (Fsp3) is 0.409. The highest BCUT2D eigenvalue weighted by Crippen LogP contribution is 2.34. The molecule has 2 aromatic rings. The summed E-state index contributed by atoms with van der Waals surface area (Å²) in [5, 5.41) is 12.2. The van der Waals surface area contributed by atoms with Crippen LogP contribution in [0.25, 0.3) is 0 Å². The lowest BCUT2D eigenvalue weighted by atomic mass is 9.87. The quantitative estimate of drug-likeness (QED) is 0.677. The molecule has 28 heavy (non-hydrogen) atoms. The lowest BCUT2D eigenvalue weighted by Gasteiger charge is -2.19. The Bertz CT molecular complexity index is 801. The molecule has 0 aliphatic carbocycles. The van der Waals surface area contributed by atoms with Crippen molar-refractivity contribution in [3.05, 3.63) is 59.7 Å². The van der Waals surface area contributed by atoms with E-state index in [9.17, 15) is 4.79 Å². The summed E-state index contributed by atoms with van der Waals surface area (Å²) >= 11 is 1.60. The molecule has 2 unspecified atom stereocenters. The molecule has 2 N–H and O–H groups in total. The normalized spacial score (nSPS) is 19.4. The van der Waals surface area contributed by atoms with Crippen molar-refractivity contribution in [2.24, 2.45) is 0 Å². The molecule has 6 heteroatoms. The first-order valence-corrected chi connectivity index (χ1v) is 10.4. The van der Waals surface area contributed by atoms with Gasteiger partial charge in [0.1, 0.15) is 30.8 Å². The third-order valence-electron chi connectivity index (χ3n) is 4.58. The first-order chi connectivity index (χ1) is 13.3. The van der Waals surface area contributed by atoms with Crippen molar-refractivity contribution in [3.8, 4) is 11.5 Å². The average Bonchev–Trinajstić information content (AvgIpc) is 3.16. The summed E-state index contributed by atoms with van der Waals surface area (Å²) < 4.78 is 11.6. The lowest BCUT2D eigenvalue weighted by Crippen LogP contribution is -2.33. The maximum atomic E-state index is 11.1. The number of thioether (sulfide) groups is 1. The van der Waals surface area contributed by atoms with Gasteiger partial charge in [0.15, 0.2) is 0 Å². The molecule has 150 valence electrons. The molecule has 0 radical (unpaired) electrons. The molecule has 1 saturated heterocycles. The van der Waals surface area contributed by atoms with Crippen LogP contribution in [0.15, 0.2) is 48.5 Å². The van der Waals surface area contributed by atoms with Crippen LogP contribution in [0.5, 0.6) is 11.5 Å². The van der Waals surface area contributed by atoms with Crippen molar-refractivity contribution in [1.29, 1.82) is 0 Å². The predicted octanol–water partition coefficient (Wildman–Crippen LogP) is 4.23. The SMILES string of the molecule is CC(C)(C)c1ccc(OCCOc2cccc(C3NC(C(=O)O)CS3)c2)cc1. The number of ether oxygens (including phenoxy) is 2. The molecule has 0 bridgehead atoms. The third kappa shape index (κ3) is 5.42. The second-order valence-corrected chi connectivity index (χ2v) is 8.95. The van der Waals surface area contributed by atoms with Gasteiger partial charge in [-0.05, 0) is 40.8 Å². The van der Waals surface area contributed by atoms with Gasteiger partial charge in [0.2, 0.25) is 0 Å². The minimum absolute atomic E-state index is 0.0257. The number of hydrogen-bond acceptors (Lipinski definition) is 5. The molecule has 3 rings (SSSR count). The maximum Gasteiger partial charge on any atom is 0.321 e. The second-order valence-electron chi connectivity index (χ2n) is 7.81. The molecule has 0 amide bonds. The molecule has 0 aromatic heterocycles. The van der Waals surface area contributed by atoms with E-state index in [1.165, 1.54) is 5.56 Å². The number of carbonyl (C=O) groups is 1. The van der Waals surface area contributed by atoms with Crippen molar-refractivity contribution < 1.29 is 19.4 Å². The zero-order valence-electron chi connectivity index (χ0n) is 16.5. The summed E-state index contributed by atoms with van der Waals surface area (Å²) in [7, 11) is 0. The van der Waals surface area contributed by atoms with Gasteiger partial charge >= 0.3 is 5.97 Å². The number of hydrogen-bond donors (Lipinski definition) is 2. The molecule has 1 aliphatic heterocycles. The summed E-state index contributed by atoms with van der Waals surface area (Å²) in [6, 6.07) is 15.4. The van der Waals surface area contributed by atoms with Crippen LogP contribution in [0.1, 0.15) is 37.3 Å². The summed E-state index contributed by atoms with van der Waals surface area (Å²) in [4.78, 5) is 11.1. The monoisotopic (exact) mass is 401 g/mol. The third-order valence-corrected chi connectivity index (χ3v) is 5.85. The number of aliphatic carboxylic acids is 1. The van der Waals surface area contributed by atoms with Crippen molar-refractivity contribution in [2.45, 2.75) is 37.6 Å². The Labute approximate surface area is 170 Å². The highest BCUT2D eigenvalue weighted by molar-refractivity contribution is 7.99. The molecule has 0 saturated carbocycles. The fourth-order valence-corrected chi connectivity index (χ4v) is 4.17. The van der Waals surface area contributed by atoms with Crippen molar-refractivity contribution in [2.75, 3.05) is 19.0 Å². The van der Waals surface area contributed by atoms with Crippen molar-refractivity contribution in [3.63, 3.8) is 0 Å². The highest BCUT2D eigenvalue weighted by Gasteiger charge is 2.30. The highest BCUT2D eigenvalue weighted by atomic mass is 32.2. The van der Waals surface area contributed by atoms with Crippen LogP contribution in [-0.2, 0) is 10.2 Å². The zero-order chi connectivity index (χ0) is 20.1. The summed E-state index contributed by atoms with van der Waals surface area (Å²) in [5.74, 6) is 1.34. The average molecular weight is 402 g/mol.